The fourth-order valence-electron chi connectivity index (χ4n) is 1.03. The maximum absolute atomic E-state index is 8.96. The highest BCUT2D eigenvalue weighted by Gasteiger charge is 2.04. The first-order valence-electron chi connectivity index (χ1n) is 3.76. The average molecular weight is 250 g/mol. The van der Waals surface area contributed by atoms with Crippen LogP contribution >= 0.6 is 27.5 Å². The van der Waals surface area contributed by atoms with E-state index in [4.69, 9.17) is 16.7 Å². The molecule has 0 saturated carbocycles. The Morgan fingerprint density at radius 3 is 2.67 bits per heavy atom. The van der Waals surface area contributed by atoms with Crippen LogP contribution in [0.5, 0.6) is 0 Å². The fraction of sp³-hybridized carbons (Fsp3) is 0.333. The van der Waals surface area contributed by atoms with E-state index in [1.165, 1.54) is 5.56 Å². The van der Waals surface area contributed by atoms with Crippen molar-refractivity contribution in [1.82, 2.24) is 0 Å². The van der Waals surface area contributed by atoms with Crippen LogP contribution in [0.4, 0.5) is 0 Å². The molecule has 0 aliphatic heterocycles. The zero-order valence-corrected chi connectivity index (χ0v) is 9.11. The molecule has 12 heavy (non-hydrogen) atoms. The largest absolute Gasteiger partial charge is 0.392 e. The molecule has 0 fully saturated rings. The molecule has 1 aromatic carbocycles. The third-order valence-electron chi connectivity index (χ3n) is 1.74. The molecular weight excluding hydrogens is 239 g/mol. The Morgan fingerprint density at radius 2 is 2.17 bits per heavy atom. The lowest BCUT2D eigenvalue weighted by atomic mass is 10.1. The minimum atomic E-state index is -0.00866. The highest BCUT2D eigenvalue weighted by molar-refractivity contribution is 9.10. The molecule has 1 N–H and O–H groups in total. The Morgan fingerprint density at radius 1 is 1.50 bits per heavy atom. The topological polar surface area (TPSA) is 20.2 Å². The van der Waals surface area contributed by atoms with Crippen LogP contribution in [0.1, 0.15) is 18.1 Å². The number of aliphatic hydroxyl groups is 1. The van der Waals surface area contributed by atoms with E-state index >= 15 is 0 Å². The molecule has 0 aliphatic rings. The maximum atomic E-state index is 8.96. The van der Waals surface area contributed by atoms with Crippen molar-refractivity contribution in [1.29, 1.82) is 0 Å². The molecule has 3 heteroatoms. The zero-order chi connectivity index (χ0) is 9.14. The van der Waals surface area contributed by atoms with Gasteiger partial charge in [0, 0.05) is 4.47 Å². The van der Waals surface area contributed by atoms with E-state index in [0.29, 0.717) is 5.02 Å². The van der Waals surface area contributed by atoms with Crippen LogP contribution < -0.4 is 0 Å². The molecule has 0 saturated heterocycles. The Balaban J connectivity index is 3.19. The summed E-state index contributed by atoms with van der Waals surface area (Å²) in [6.45, 7) is 2.06. The third kappa shape index (κ3) is 2.00. The quantitative estimate of drug-likeness (QED) is 0.854. The highest BCUT2D eigenvalue weighted by Crippen LogP contribution is 2.28. The molecule has 0 amide bonds. The normalized spacial score (nSPS) is 10.3. The van der Waals surface area contributed by atoms with Gasteiger partial charge in [-0.15, -0.1) is 0 Å². The number of halogens is 2. The molecule has 66 valence electrons. The van der Waals surface area contributed by atoms with Crippen molar-refractivity contribution in [3.8, 4) is 0 Å². The van der Waals surface area contributed by atoms with E-state index in [1.54, 1.807) is 0 Å². The van der Waals surface area contributed by atoms with Crippen molar-refractivity contribution in [3.05, 3.63) is 32.8 Å². The predicted molar refractivity (Wildman–Crippen MR) is 54.5 cm³/mol. The molecule has 0 bridgehead atoms. The second-order valence-corrected chi connectivity index (χ2v) is 3.79. The number of aliphatic hydroxyl groups excluding tert-OH is 1. The summed E-state index contributed by atoms with van der Waals surface area (Å²) in [6, 6.07) is 3.90. The van der Waals surface area contributed by atoms with Crippen LogP contribution in [0.15, 0.2) is 16.6 Å². The molecule has 0 radical (unpaired) electrons. The Kier molecular flexibility index (Phi) is 3.56. The number of rotatable bonds is 2. The van der Waals surface area contributed by atoms with Crippen molar-refractivity contribution in [2.75, 3.05) is 0 Å². The van der Waals surface area contributed by atoms with E-state index in [0.717, 1.165) is 16.5 Å². The van der Waals surface area contributed by atoms with Gasteiger partial charge in [-0.05, 0) is 39.5 Å². The molecule has 1 rings (SSSR count). The Bertz CT molecular complexity index is 286. The number of hydrogen-bond acceptors (Lipinski definition) is 1. The summed E-state index contributed by atoms with van der Waals surface area (Å²) in [6.07, 6.45) is 0.947. The third-order valence-corrected chi connectivity index (χ3v) is 3.04. The van der Waals surface area contributed by atoms with Crippen LogP contribution in [0.25, 0.3) is 0 Å². The fourth-order valence-corrected chi connectivity index (χ4v) is 1.75. The molecule has 0 aliphatic carbocycles. The smallest absolute Gasteiger partial charge is 0.0696 e. The van der Waals surface area contributed by atoms with E-state index < -0.39 is 0 Å². The van der Waals surface area contributed by atoms with Gasteiger partial charge >= 0.3 is 0 Å². The minimum Gasteiger partial charge on any atom is -0.392 e. The summed E-state index contributed by atoms with van der Waals surface area (Å²) in [7, 11) is 0. The first kappa shape index (κ1) is 10.0. The van der Waals surface area contributed by atoms with E-state index in [9.17, 15) is 0 Å². The van der Waals surface area contributed by atoms with Crippen molar-refractivity contribution in [2.45, 2.75) is 20.0 Å². The van der Waals surface area contributed by atoms with Crippen molar-refractivity contribution >= 4 is 27.5 Å². The van der Waals surface area contributed by atoms with Crippen LogP contribution in [0.2, 0.25) is 5.02 Å². The SMILES string of the molecule is CCc1cc(Br)c(Cl)c(CO)c1. The number of hydrogen-bond donors (Lipinski definition) is 1. The van der Waals surface area contributed by atoms with Gasteiger partial charge in [-0.1, -0.05) is 24.6 Å². The summed E-state index contributed by atoms with van der Waals surface area (Å²) in [5.41, 5.74) is 1.96. The minimum absolute atomic E-state index is 0.00866. The van der Waals surface area contributed by atoms with Gasteiger partial charge in [-0.25, -0.2) is 0 Å². The predicted octanol–water partition coefficient (Wildman–Crippen LogP) is 3.16. The molecule has 1 nitrogen and oxygen atoms in total. The van der Waals surface area contributed by atoms with Crippen LogP contribution in [-0.2, 0) is 13.0 Å². The molecule has 0 spiro atoms. The molecule has 0 heterocycles. The standard InChI is InChI=1S/C9H10BrClO/c1-2-6-3-7(5-12)9(11)8(10)4-6/h3-4,12H,2,5H2,1H3. The van der Waals surface area contributed by atoms with Crippen LogP contribution in [0, 0.1) is 0 Å². The second-order valence-electron chi connectivity index (χ2n) is 2.56. The number of aryl methyl sites for hydroxylation is 1. The van der Waals surface area contributed by atoms with Gasteiger partial charge in [0.25, 0.3) is 0 Å². The van der Waals surface area contributed by atoms with Crippen molar-refractivity contribution in [3.63, 3.8) is 0 Å². The van der Waals surface area contributed by atoms with Gasteiger partial charge in [0.2, 0.25) is 0 Å². The first-order valence-corrected chi connectivity index (χ1v) is 4.93. The van der Waals surface area contributed by atoms with Gasteiger partial charge in [0.1, 0.15) is 0 Å². The van der Waals surface area contributed by atoms with E-state index in [2.05, 4.69) is 22.9 Å². The molecule has 0 atom stereocenters. The molecule has 0 aromatic heterocycles. The summed E-state index contributed by atoms with van der Waals surface area (Å²) >= 11 is 9.25. The average Bonchev–Trinajstić information content (AvgIpc) is 2.09. The van der Waals surface area contributed by atoms with Crippen molar-refractivity contribution in [2.24, 2.45) is 0 Å². The number of benzene rings is 1. The Labute approximate surface area is 85.5 Å². The van der Waals surface area contributed by atoms with Crippen LogP contribution in [-0.4, -0.2) is 5.11 Å². The van der Waals surface area contributed by atoms with Gasteiger partial charge < -0.3 is 5.11 Å². The lowest BCUT2D eigenvalue weighted by Crippen LogP contribution is -1.89. The Hall–Kier alpha value is -0.0500. The van der Waals surface area contributed by atoms with E-state index in [1.807, 2.05) is 12.1 Å². The molecule has 0 unspecified atom stereocenters. The van der Waals surface area contributed by atoms with E-state index in [-0.39, 0.29) is 6.61 Å². The lowest BCUT2D eigenvalue weighted by Gasteiger charge is -2.05. The highest BCUT2D eigenvalue weighted by atomic mass is 79.9. The zero-order valence-electron chi connectivity index (χ0n) is 6.77. The van der Waals surface area contributed by atoms with Gasteiger partial charge in [-0.3, -0.25) is 0 Å². The summed E-state index contributed by atoms with van der Waals surface area (Å²) < 4.78 is 0.854. The monoisotopic (exact) mass is 248 g/mol. The van der Waals surface area contributed by atoms with Crippen molar-refractivity contribution < 1.29 is 5.11 Å². The first-order chi connectivity index (χ1) is 5.69. The molecule has 1 aromatic rings. The lowest BCUT2D eigenvalue weighted by molar-refractivity contribution is 0.282. The maximum Gasteiger partial charge on any atom is 0.0696 e. The van der Waals surface area contributed by atoms with Gasteiger partial charge in [0.05, 0.1) is 11.6 Å². The summed E-state index contributed by atoms with van der Waals surface area (Å²) in [4.78, 5) is 0. The summed E-state index contributed by atoms with van der Waals surface area (Å²) in [5, 5.41) is 9.56. The van der Waals surface area contributed by atoms with Gasteiger partial charge in [-0.2, -0.15) is 0 Å². The molecular formula is C9H10BrClO. The summed E-state index contributed by atoms with van der Waals surface area (Å²) in [5.74, 6) is 0. The van der Waals surface area contributed by atoms with Gasteiger partial charge in [0.15, 0.2) is 0 Å². The second kappa shape index (κ2) is 4.26. The van der Waals surface area contributed by atoms with Crippen LogP contribution in [0.3, 0.4) is 0 Å².